The summed E-state index contributed by atoms with van der Waals surface area (Å²) in [6.45, 7) is 3.14. The summed E-state index contributed by atoms with van der Waals surface area (Å²) in [5, 5.41) is 3.17. The van der Waals surface area contributed by atoms with Gasteiger partial charge in [-0.3, -0.25) is 9.36 Å². The topological polar surface area (TPSA) is 79.2 Å². The molecule has 8 nitrogen and oxygen atoms in total. The van der Waals surface area contributed by atoms with E-state index in [0.717, 1.165) is 30.9 Å². The first-order valence-corrected chi connectivity index (χ1v) is 13.5. The van der Waals surface area contributed by atoms with Crippen LogP contribution in [0.15, 0.2) is 85.2 Å². The van der Waals surface area contributed by atoms with E-state index in [0.29, 0.717) is 52.6 Å². The normalized spacial score (nSPS) is 14.3. The molecule has 42 heavy (non-hydrogen) atoms. The van der Waals surface area contributed by atoms with E-state index < -0.39 is 11.7 Å². The predicted molar refractivity (Wildman–Crippen MR) is 154 cm³/mol. The number of hydrogen-bond donors (Lipinski definition) is 1. The Morgan fingerprint density at radius 1 is 0.905 bits per heavy atom. The fourth-order valence-corrected chi connectivity index (χ4v) is 4.93. The first-order chi connectivity index (χ1) is 20.3. The second-order valence-electron chi connectivity index (χ2n) is 10.2. The van der Waals surface area contributed by atoms with Gasteiger partial charge in [0.15, 0.2) is 22.8 Å². The van der Waals surface area contributed by atoms with Crippen molar-refractivity contribution in [3.05, 3.63) is 102 Å². The van der Waals surface area contributed by atoms with Gasteiger partial charge in [-0.2, -0.15) is 13.2 Å². The predicted octanol–water partition coefficient (Wildman–Crippen LogP) is 5.50. The maximum absolute atomic E-state index is 13.3. The van der Waals surface area contributed by atoms with E-state index in [1.165, 1.54) is 6.07 Å². The summed E-state index contributed by atoms with van der Waals surface area (Å²) in [5.41, 5.74) is 2.88. The second kappa shape index (κ2) is 11.2. The molecule has 11 heteroatoms. The zero-order valence-corrected chi connectivity index (χ0v) is 22.8. The van der Waals surface area contributed by atoms with E-state index in [4.69, 9.17) is 9.97 Å². The molecule has 0 bridgehead atoms. The number of hydrogen-bond acceptors (Lipinski definition) is 6. The van der Waals surface area contributed by atoms with Crippen LogP contribution >= 0.6 is 0 Å². The summed E-state index contributed by atoms with van der Waals surface area (Å²) in [4.78, 5) is 31.2. The number of imidazole rings is 1. The number of fused-ring (bicyclic) bond motifs is 1. The van der Waals surface area contributed by atoms with E-state index in [9.17, 15) is 18.0 Å². The highest BCUT2D eigenvalue weighted by Crippen LogP contribution is 2.30. The van der Waals surface area contributed by atoms with Crippen molar-refractivity contribution in [2.24, 2.45) is 0 Å². The molecule has 0 saturated carbocycles. The van der Waals surface area contributed by atoms with Crippen LogP contribution in [0.4, 0.5) is 19.0 Å². The van der Waals surface area contributed by atoms with Crippen molar-refractivity contribution >= 4 is 22.9 Å². The highest BCUT2D eigenvalue weighted by Gasteiger charge is 2.30. The third kappa shape index (κ3) is 5.68. The number of nitrogens with zero attached hydrogens (tertiary/aromatic N) is 6. The average molecular weight is 572 g/mol. The molecular weight excluding hydrogens is 543 g/mol. The van der Waals surface area contributed by atoms with Gasteiger partial charge in [0.1, 0.15) is 6.33 Å². The monoisotopic (exact) mass is 571 g/mol. The van der Waals surface area contributed by atoms with Crippen molar-refractivity contribution in [1.82, 2.24) is 29.3 Å². The van der Waals surface area contributed by atoms with Crippen LogP contribution < -0.4 is 5.32 Å². The van der Waals surface area contributed by atoms with Crippen LogP contribution in [-0.2, 0) is 12.7 Å². The van der Waals surface area contributed by atoms with Gasteiger partial charge in [0, 0.05) is 49.5 Å². The smallest absolute Gasteiger partial charge is 0.364 e. The number of amides is 1. The van der Waals surface area contributed by atoms with Crippen molar-refractivity contribution in [2.45, 2.75) is 12.7 Å². The lowest BCUT2D eigenvalue weighted by Crippen LogP contribution is -2.47. The Hall–Kier alpha value is -4.77. The Morgan fingerprint density at radius 3 is 2.36 bits per heavy atom. The summed E-state index contributed by atoms with van der Waals surface area (Å²) >= 11 is 0. The van der Waals surface area contributed by atoms with Crippen LogP contribution in [0.5, 0.6) is 0 Å². The molecule has 0 unspecified atom stereocenters. The average Bonchev–Trinajstić information content (AvgIpc) is 3.44. The number of alkyl halides is 3. The molecule has 0 atom stereocenters. The van der Waals surface area contributed by atoms with Crippen LogP contribution in [0, 0.1) is 0 Å². The number of carbonyl (C=O) groups is 1. The molecular formula is C31H28F3N7O. The third-order valence-corrected chi connectivity index (χ3v) is 7.33. The number of rotatable bonds is 6. The number of aromatic nitrogens is 4. The van der Waals surface area contributed by atoms with Gasteiger partial charge in [-0.1, -0.05) is 42.5 Å². The Bertz CT molecular complexity index is 1710. The summed E-state index contributed by atoms with van der Waals surface area (Å²) in [7, 11) is 2.04. The zero-order chi connectivity index (χ0) is 29.3. The molecule has 1 aliphatic heterocycles. The summed E-state index contributed by atoms with van der Waals surface area (Å²) in [5.74, 6) is 0.765. The van der Waals surface area contributed by atoms with Crippen LogP contribution in [0.3, 0.4) is 0 Å². The van der Waals surface area contributed by atoms with Gasteiger partial charge in [-0.25, -0.2) is 15.0 Å². The van der Waals surface area contributed by atoms with Crippen molar-refractivity contribution in [3.8, 4) is 17.1 Å². The van der Waals surface area contributed by atoms with Gasteiger partial charge in [0.2, 0.25) is 0 Å². The van der Waals surface area contributed by atoms with Crippen molar-refractivity contribution in [1.29, 1.82) is 0 Å². The molecule has 1 amide bonds. The Balaban J connectivity index is 1.34. The fourth-order valence-electron chi connectivity index (χ4n) is 4.93. The lowest BCUT2D eigenvalue weighted by atomic mass is 10.1. The van der Waals surface area contributed by atoms with Gasteiger partial charge >= 0.3 is 6.18 Å². The minimum absolute atomic E-state index is 0.0170. The fraction of sp³-hybridized carbons (Fsp3) is 0.226. The van der Waals surface area contributed by atoms with Crippen molar-refractivity contribution < 1.29 is 18.0 Å². The lowest BCUT2D eigenvalue weighted by molar-refractivity contribution is -0.137. The van der Waals surface area contributed by atoms with Gasteiger partial charge in [0.25, 0.3) is 5.91 Å². The largest absolute Gasteiger partial charge is 0.416 e. The molecule has 1 N–H and O–H groups in total. The third-order valence-electron chi connectivity index (χ3n) is 7.33. The first-order valence-electron chi connectivity index (χ1n) is 13.5. The standard InChI is InChI=1S/C31H28F3N7O/c1-39-14-16-40(17-15-39)30(42)23-12-10-22(11-13-23)27-37-28(35-19-21-6-5-7-24(18-21)31(32,33)34)26-29(38-27)41(20-36-26)25-8-3-2-4-9-25/h2-13,18,20H,14-17,19H2,1H3,(H,35,37,38). The van der Waals surface area contributed by atoms with E-state index >= 15 is 0 Å². The summed E-state index contributed by atoms with van der Waals surface area (Å²) in [6.07, 6.45) is -2.79. The zero-order valence-electron chi connectivity index (χ0n) is 22.8. The van der Waals surface area contributed by atoms with Crippen LogP contribution in [0.2, 0.25) is 0 Å². The summed E-state index contributed by atoms with van der Waals surface area (Å²) < 4.78 is 41.6. The van der Waals surface area contributed by atoms with E-state index in [1.807, 2.05) is 59.0 Å². The number of halogens is 3. The Kier molecular flexibility index (Phi) is 7.34. The Labute approximate surface area is 240 Å². The minimum Gasteiger partial charge on any atom is -0.364 e. The quantitative estimate of drug-likeness (QED) is 0.290. The maximum atomic E-state index is 13.3. The molecule has 3 heterocycles. The molecule has 1 saturated heterocycles. The molecule has 0 spiro atoms. The van der Waals surface area contributed by atoms with Crippen LogP contribution in [-0.4, -0.2) is 68.5 Å². The highest BCUT2D eigenvalue weighted by atomic mass is 19.4. The molecule has 6 rings (SSSR count). The second-order valence-corrected chi connectivity index (χ2v) is 10.2. The van der Waals surface area contributed by atoms with Crippen LogP contribution in [0.25, 0.3) is 28.2 Å². The highest BCUT2D eigenvalue weighted by molar-refractivity contribution is 5.95. The number of likely N-dealkylation sites (N-methyl/N-ethyl adjacent to an activating group) is 1. The number of benzene rings is 3. The van der Waals surface area contributed by atoms with Gasteiger partial charge in [0.05, 0.1) is 5.56 Å². The summed E-state index contributed by atoms with van der Waals surface area (Å²) in [6, 6.07) is 21.9. The van der Waals surface area contributed by atoms with Crippen LogP contribution in [0.1, 0.15) is 21.5 Å². The van der Waals surface area contributed by atoms with Crippen molar-refractivity contribution in [3.63, 3.8) is 0 Å². The van der Waals surface area contributed by atoms with Gasteiger partial charge < -0.3 is 15.1 Å². The molecule has 214 valence electrons. The van der Waals surface area contributed by atoms with Gasteiger partial charge in [-0.05, 0) is 49.0 Å². The maximum Gasteiger partial charge on any atom is 0.416 e. The molecule has 0 aliphatic carbocycles. The SMILES string of the molecule is CN1CCN(C(=O)c2ccc(-c3nc(NCc4cccc(C(F)(F)F)c4)c4ncn(-c5ccccc5)c4n3)cc2)CC1. The number of anilines is 1. The van der Waals surface area contributed by atoms with Gasteiger partial charge in [-0.15, -0.1) is 0 Å². The first kappa shape index (κ1) is 27.4. The minimum atomic E-state index is -4.43. The van der Waals surface area contributed by atoms with E-state index in [2.05, 4.69) is 15.2 Å². The number of nitrogens with one attached hydrogen (secondary N) is 1. The van der Waals surface area contributed by atoms with E-state index in [-0.39, 0.29) is 12.5 Å². The molecule has 1 fully saturated rings. The lowest BCUT2D eigenvalue weighted by Gasteiger charge is -2.32. The molecule has 2 aromatic heterocycles. The Morgan fingerprint density at radius 2 is 1.64 bits per heavy atom. The number of para-hydroxylation sites is 1. The molecule has 0 radical (unpaired) electrons. The molecule has 5 aromatic rings. The molecule has 3 aromatic carbocycles. The van der Waals surface area contributed by atoms with E-state index in [1.54, 1.807) is 24.5 Å². The molecule has 1 aliphatic rings. The van der Waals surface area contributed by atoms with Crippen molar-refractivity contribution in [2.75, 3.05) is 38.5 Å². The number of piperazine rings is 1. The number of carbonyl (C=O) groups excluding carboxylic acids is 1.